The van der Waals surface area contributed by atoms with Crippen LogP contribution in [0.3, 0.4) is 0 Å². The van der Waals surface area contributed by atoms with E-state index in [1.54, 1.807) is 13.1 Å². The highest BCUT2D eigenvalue weighted by atomic mass is 32.2. The second kappa shape index (κ2) is 8.95. The molecule has 0 amide bonds. The monoisotopic (exact) mass is 355 g/mol. The minimum atomic E-state index is -3.53. The number of aromatic nitrogens is 1. The number of nitrogens with one attached hydrogen (secondary N) is 2. The molecule has 9 heteroatoms. The van der Waals surface area contributed by atoms with Crippen LogP contribution < -0.4 is 10.0 Å². The Morgan fingerprint density at radius 3 is 2.96 bits per heavy atom. The third kappa shape index (κ3) is 5.43. The number of aliphatic imine (C=N–C) groups is 1. The van der Waals surface area contributed by atoms with Crippen LogP contribution >= 0.6 is 0 Å². The highest BCUT2D eigenvalue weighted by molar-refractivity contribution is 7.89. The van der Waals surface area contributed by atoms with Gasteiger partial charge in [-0.2, -0.15) is 0 Å². The zero-order valence-corrected chi connectivity index (χ0v) is 14.9. The number of nitrogens with zero attached hydrogens (tertiary/aromatic N) is 3. The Bertz CT molecular complexity index is 630. The Labute approximate surface area is 143 Å². The molecule has 1 unspecified atom stereocenters. The Morgan fingerprint density at radius 1 is 1.50 bits per heavy atom. The van der Waals surface area contributed by atoms with Gasteiger partial charge < -0.3 is 15.0 Å². The van der Waals surface area contributed by atoms with Crippen molar-refractivity contribution >= 4 is 16.0 Å². The lowest BCUT2D eigenvalue weighted by Crippen LogP contribution is -2.44. The molecule has 0 radical (unpaired) electrons. The third-order valence-electron chi connectivity index (χ3n) is 3.77. The maximum absolute atomic E-state index is 12.1. The van der Waals surface area contributed by atoms with E-state index in [9.17, 15) is 8.42 Å². The fraction of sp³-hybridized carbons (Fsp3) is 0.600. The van der Waals surface area contributed by atoms with E-state index in [-0.39, 0.29) is 11.4 Å². The maximum Gasteiger partial charge on any atom is 0.242 e. The molecule has 134 valence electrons. The Hall–Kier alpha value is -1.71. The summed E-state index contributed by atoms with van der Waals surface area (Å²) in [4.78, 5) is 10.2. The van der Waals surface area contributed by atoms with Crippen molar-refractivity contribution < 1.29 is 13.2 Å². The van der Waals surface area contributed by atoms with Crippen molar-refractivity contribution in [3.63, 3.8) is 0 Å². The molecule has 1 aliphatic rings. The number of ether oxygens (including phenoxy) is 1. The first-order valence-corrected chi connectivity index (χ1v) is 9.40. The average molecular weight is 355 g/mol. The summed E-state index contributed by atoms with van der Waals surface area (Å²) in [6.07, 6.45) is 3.92. The summed E-state index contributed by atoms with van der Waals surface area (Å²) in [5.74, 6) is 1.25. The van der Waals surface area contributed by atoms with E-state index < -0.39 is 10.0 Å². The van der Waals surface area contributed by atoms with E-state index in [2.05, 4.69) is 20.0 Å². The highest BCUT2D eigenvalue weighted by Gasteiger charge is 2.19. The fourth-order valence-electron chi connectivity index (χ4n) is 2.53. The summed E-state index contributed by atoms with van der Waals surface area (Å²) < 4.78 is 32.1. The molecular formula is C15H25N5O3S. The Morgan fingerprint density at radius 2 is 2.33 bits per heavy atom. The molecule has 0 aromatic carbocycles. The fourth-order valence-corrected chi connectivity index (χ4v) is 3.53. The Kier molecular flexibility index (Phi) is 6.95. The molecule has 2 heterocycles. The first kappa shape index (κ1) is 18.6. The molecule has 1 aromatic rings. The van der Waals surface area contributed by atoms with Gasteiger partial charge >= 0.3 is 0 Å². The predicted molar refractivity (Wildman–Crippen MR) is 92.3 cm³/mol. The summed E-state index contributed by atoms with van der Waals surface area (Å²) >= 11 is 0. The molecule has 8 nitrogen and oxygen atoms in total. The van der Waals surface area contributed by atoms with Crippen LogP contribution in [0.4, 0.5) is 0 Å². The topological polar surface area (TPSA) is 95.9 Å². The minimum absolute atomic E-state index is 0.160. The van der Waals surface area contributed by atoms with Gasteiger partial charge in [-0.05, 0) is 18.6 Å². The van der Waals surface area contributed by atoms with Gasteiger partial charge in [0, 0.05) is 58.6 Å². The smallest absolute Gasteiger partial charge is 0.242 e. The molecule has 24 heavy (non-hydrogen) atoms. The van der Waals surface area contributed by atoms with E-state index in [4.69, 9.17) is 4.74 Å². The number of hydrogen-bond donors (Lipinski definition) is 2. The van der Waals surface area contributed by atoms with E-state index in [1.807, 2.05) is 11.9 Å². The van der Waals surface area contributed by atoms with Crippen molar-refractivity contribution in [2.45, 2.75) is 11.3 Å². The van der Waals surface area contributed by atoms with Crippen LogP contribution in [0.2, 0.25) is 0 Å². The second-order valence-corrected chi connectivity index (χ2v) is 7.44. The first-order valence-electron chi connectivity index (χ1n) is 7.92. The second-order valence-electron chi connectivity index (χ2n) is 5.67. The van der Waals surface area contributed by atoms with Crippen molar-refractivity contribution in [3.05, 3.63) is 24.5 Å². The summed E-state index contributed by atoms with van der Waals surface area (Å²) in [5.41, 5.74) is 0. The van der Waals surface area contributed by atoms with Crippen LogP contribution in [0.1, 0.15) is 6.42 Å². The van der Waals surface area contributed by atoms with Crippen molar-refractivity contribution in [2.75, 3.05) is 46.9 Å². The van der Waals surface area contributed by atoms with Crippen molar-refractivity contribution in [1.29, 1.82) is 0 Å². The van der Waals surface area contributed by atoms with Crippen LogP contribution in [0.5, 0.6) is 0 Å². The normalized spacial score (nSPS) is 18.6. The third-order valence-corrected chi connectivity index (χ3v) is 5.22. The lowest BCUT2D eigenvalue weighted by Gasteiger charge is -2.24. The zero-order chi connectivity index (χ0) is 17.4. The van der Waals surface area contributed by atoms with Crippen molar-refractivity contribution in [3.8, 4) is 0 Å². The minimum Gasteiger partial charge on any atom is -0.381 e. The lowest BCUT2D eigenvalue weighted by molar-refractivity contribution is 0.181. The molecular weight excluding hydrogens is 330 g/mol. The average Bonchev–Trinajstić information content (AvgIpc) is 3.08. The van der Waals surface area contributed by atoms with Crippen molar-refractivity contribution in [2.24, 2.45) is 10.9 Å². The van der Waals surface area contributed by atoms with Gasteiger partial charge in [0.25, 0.3) is 0 Å². The standard InChI is InChI=1S/C15H25N5O3S/c1-16-15(20(2)11-13-5-9-23-12-13)18-7-8-19-24(21,22)14-4-3-6-17-10-14/h3-4,6,10,13,19H,5,7-9,11-12H2,1-2H3,(H,16,18). The summed E-state index contributed by atoms with van der Waals surface area (Å²) in [7, 11) is 0.151. The van der Waals surface area contributed by atoms with E-state index in [0.717, 1.165) is 32.1 Å². The van der Waals surface area contributed by atoms with Crippen LogP contribution in [0.25, 0.3) is 0 Å². The van der Waals surface area contributed by atoms with E-state index in [1.165, 1.54) is 18.5 Å². The summed E-state index contributed by atoms with van der Waals surface area (Å²) in [6, 6.07) is 3.11. The molecule has 1 aliphatic heterocycles. The van der Waals surface area contributed by atoms with Gasteiger partial charge in [0.2, 0.25) is 10.0 Å². The molecule has 0 saturated carbocycles. The molecule has 0 bridgehead atoms. The molecule has 1 saturated heterocycles. The van der Waals surface area contributed by atoms with Gasteiger partial charge in [0.15, 0.2) is 5.96 Å². The van der Waals surface area contributed by atoms with Gasteiger partial charge in [-0.25, -0.2) is 13.1 Å². The van der Waals surface area contributed by atoms with Crippen LogP contribution in [0, 0.1) is 5.92 Å². The highest BCUT2D eigenvalue weighted by Crippen LogP contribution is 2.13. The number of guanidine groups is 1. The van der Waals surface area contributed by atoms with Gasteiger partial charge in [-0.15, -0.1) is 0 Å². The Balaban J connectivity index is 1.75. The molecule has 1 atom stereocenters. The van der Waals surface area contributed by atoms with Gasteiger partial charge in [-0.3, -0.25) is 9.98 Å². The van der Waals surface area contributed by atoms with E-state index >= 15 is 0 Å². The number of sulfonamides is 1. The SMILES string of the molecule is CN=C(NCCNS(=O)(=O)c1cccnc1)N(C)CC1CCOC1. The van der Waals surface area contributed by atoms with E-state index in [0.29, 0.717) is 12.5 Å². The molecule has 0 spiro atoms. The lowest BCUT2D eigenvalue weighted by atomic mass is 10.1. The number of rotatable bonds is 7. The number of hydrogen-bond acceptors (Lipinski definition) is 5. The maximum atomic E-state index is 12.1. The molecule has 2 rings (SSSR count). The number of pyridine rings is 1. The predicted octanol–water partition coefficient (Wildman–Crippen LogP) is -0.0964. The van der Waals surface area contributed by atoms with Gasteiger partial charge in [0.1, 0.15) is 4.90 Å². The summed E-state index contributed by atoms with van der Waals surface area (Å²) in [5, 5.41) is 3.16. The quantitative estimate of drug-likeness (QED) is 0.403. The van der Waals surface area contributed by atoms with Crippen LogP contribution in [-0.2, 0) is 14.8 Å². The van der Waals surface area contributed by atoms with Gasteiger partial charge in [0.05, 0.1) is 6.61 Å². The zero-order valence-electron chi connectivity index (χ0n) is 14.1. The van der Waals surface area contributed by atoms with Crippen molar-refractivity contribution in [1.82, 2.24) is 19.9 Å². The first-order chi connectivity index (χ1) is 11.5. The molecule has 2 N–H and O–H groups in total. The molecule has 0 aliphatic carbocycles. The molecule has 1 aromatic heterocycles. The molecule has 1 fully saturated rings. The summed E-state index contributed by atoms with van der Waals surface area (Å²) in [6.45, 7) is 3.17. The van der Waals surface area contributed by atoms with Crippen LogP contribution in [-0.4, -0.2) is 71.2 Å². The van der Waals surface area contributed by atoms with Crippen LogP contribution in [0.15, 0.2) is 34.4 Å². The van der Waals surface area contributed by atoms with Gasteiger partial charge in [-0.1, -0.05) is 0 Å². The largest absolute Gasteiger partial charge is 0.381 e.